The lowest BCUT2D eigenvalue weighted by molar-refractivity contribution is -0.121. The lowest BCUT2D eigenvalue weighted by Gasteiger charge is -2.22. The summed E-state index contributed by atoms with van der Waals surface area (Å²) in [6.45, 7) is 2.29. The van der Waals surface area contributed by atoms with E-state index in [0.717, 1.165) is 31.6 Å². The minimum atomic E-state index is 0.0643. The molecule has 2 aromatic rings. The van der Waals surface area contributed by atoms with Gasteiger partial charge in [-0.25, -0.2) is 0 Å². The van der Waals surface area contributed by atoms with E-state index in [1.165, 1.54) is 0 Å². The molecule has 0 unspecified atom stereocenters. The number of ether oxygens (including phenoxy) is 1. The molecule has 0 aliphatic carbocycles. The Morgan fingerprint density at radius 1 is 1.33 bits per heavy atom. The molecule has 128 valence electrons. The summed E-state index contributed by atoms with van der Waals surface area (Å²) in [5.74, 6) is 1.61. The lowest BCUT2D eigenvalue weighted by Crippen LogP contribution is -2.33. The Kier molecular flexibility index (Phi) is 5.90. The van der Waals surface area contributed by atoms with Crippen molar-refractivity contribution < 1.29 is 14.1 Å². The number of hydrogen-bond acceptors (Lipinski definition) is 6. The van der Waals surface area contributed by atoms with E-state index in [2.05, 4.69) is 20.4 Å². The molecule has 1 amide bonds. The van der Waals surface area contributed by atoms with Crippen LogP contribution in [0.3, 0.4) is 0 Å². The van der Waals surface area contributed by atoms with Gasteiger partial charge in [0.2, 0.25) is 17.6 Å². The van der Waals surface area contributed by atoms with Crippen LogP contribution in [-0.4, -0.2) is 40.8 Å². The monoisotopic (exact) mass is 330 g/mol. The first-order valence-corrected chi connectivity index (χ1v) is 8.38. The van der Waals surface area contributed by atoms with Gasteiger partial charge in [0.05, 0.1) is 6.61 Å². The van der Waals surface area contributed by atoms with Crippen molar-refractivity contribution in [2.45, 2.75) is 32.1 Å². The maximum Gasteiger partial charge on any atom is 0.226 e. The van der Waals surface area contributed by atoms with Crippen molar-refractivity contribution in [1.29, 1.82) is 0 Å². The lowest BCUT2D eigenvalue weighted by atomic mass is 10.0. The molecule has 0 saturated carbocycles. The van der Waals surface area contributed by atoms with Crippen LogP contribution in [0.2, 0.25) is 0 Å². The smallest absolute Gasteiger partial charge is 0.226 e. The quantitative estimate of drug-likeness (QED) is 0.835. The molecule has 0 radical (unpaired) electrons. The van der Waals surface area contributed by atoms with E-state index in [-0.39, 0.29) is 5.91 Å². The van der Waals surface area contributed by atoms with E-state index in [4.69, 9.17) is 9.26 Å². The average Bonchev–Trinajstić information content (AvgIpc) is 3.11. The van der Waals surface area contributed by atoms with E-state index >= 15 is 0 Å². The maximum absolute atomic E-state index is 11.9. The zero-order chi connectivity index (χ0) is 16.6. The van der Waals surface area contributed by atoms with Crippen LogP contribution < -0.4 is 5.32 Å². The highest BCUT2D eigenvalue weighted by molar-refractivity contribution is 5.75. The molecule has 1 atom stereocenters. The third-order valence-electron chi connectivity index (χ3n) is 4.04. The van der Waals surface area contributed by atoms with Gasteiger partial charge in [-0.15, -0.1) is 0 Å². The van der Waals surface area contributed by atoms with E-state index in [9.17, 15) is 4.79 Å². The van der Waals surface area contributed by atoms with Crippen LogP contribution in [0.1, 0.15) is 31.6 Å². The van der Waals surface area contributed by atoms with Gasteiger partial charge in [-0.05, 0) is 37.3 Å². The number of nitrogens with zero attached hydrogens (tertiary/aromatic N) is 3. The number of amides is 1. The third kappa shape index (κ3) is 4.86. The zero-order valence-corrected chi connectivity index (χ0v) is 13.6. The standard InChI is InChI=1S/C17H22N4O3/c22-15(19-11-13-3-2-10-23-12-13)4-1-5-16-20-17(21-24-16)14-6-8-18-9-7-14/h6-9,13H,1-5,10-12H2,(H,19,22)/t13-/m0/s1. The van der Waals surface area contributed by atoms with E-state index < -0.39 is 0 Å². The number of nitrogens with one attached hydrogen (secondary N) is 1. The third-order valence-corrected chi connectivity index (χ3v) is 4.04. The van der Waals surface area contributed by atoms with Gasteiger partial charge in [0, 0.05) is 44.0 Å². The van der Waals surface area contributed by atoms with Crippen molar-refractivity contribution in [1.82, 2.24) is 20.4 Å². The molecule has 0 spiro atoms. The van der Waals surface area contributed by atoms with Crippen LogP contribution in [0.15, 0.2) is 29.0 Å². The van der Waals surface area contributed by atoms with Crippen molar-refractivity contribution >= 4 is 5.91 Å². The zero-order valence-electron chi connectivity index (χ0n) is 13.6. The molecule has 3 rings (SSSR count). The molecule has 2 aromatic heterocycles. The summed E-state index contributed by atoms with van der Waals surface area (Å²) in [7, 11) is 0. The van der Waals surface area contributed by atoms with Gasteiger partial charge in [0.1, 0.15) is 0 Å². The first-order chi connectivity index (χ1) is 11.8. The Morgan fingerprint density at radius 3 is 3.00 bits per heavy atom. The van der Waals surface area contributed by atoms with Gasteiger partial charge in [0.25, 0.3) is 0 Å². The Hall–Kier alpha value is -2.28. The number of hydrogen-bond donors (Lipinski definition) is 1. The van der Waals surface area contributed by atoms with Gasteiger partial charge in [-0.3, -0.25) is 9.78 Å². The van der Waals surface area contributed by atoms with E-state index in [0.29, 0.717) is 43.4 Å². The number of carbonyl (C=O) groups is 1. The second kappa shape index (κ2) is 8.54. The van der Waals surface area contributed by atoms with Gasteiger partial charge >= 0.3 is 0 Å². The first-order valence-electron chi connectivity index (χ1n) is 8.38. The SMILES string of the molecule is O=C(CCCc1nc(-c2ccncc2)no1)NC[C@@H]1CCCOC1. The summed E-state index contributed by atoms with van der Waals surface area (Å²) < 4.78 is 10.6. The summed E-state index contributed by atoms with van der Waals surface area (Å²) in [6.07, 6.45) is 7.32. The molecule has 0 bridgehead atoms. The fraction of sp³-hybridized carbons (Fsp3) is 0.529. The molecule has 7 nitrogen and oxygen atoms in total. The fourth-order valence-electron chi connectivity index (χ4n) is 2.69. The van der Waals surface area contributed by atoms with Crippen molar-refractivity contribution in [3.05, 3.63) is 30.4 Å². The fourth-order valence-corrected chi connectivity index (χ4v) is 2.69. The Balaban J connectivity index is 1.37. The van der Waals surface area contributed by atoms with Crippen molar-refractivity contribution in [2.24, 2.45) is 5.92 Å². The summed E-state index contributed by atoms with van der Waals surface area (Å²) in [5, 5.41) is 6.93. The van der Waals surface area contributed by atoms with Crippen LogP contribution in [0.25, 0.3) is 11.4 Å². The molecule has 1 aliphatic rings. The summed E-state index contributed by atoms with van der Waals surface area (Å²) in [5.41, 5.74) is 0.868. The minimum Gasteiger partial charge on any atom is -0.381 e. The highest BCUT2D eigenvalue weighted by Gasteiger charge is 2.15. The second-order valence-corrected chi connectivity index (χ2v) is 5.99. The van der Waals surface area contributed by atoms with E-state index in [1.807, 2.05) is 12.1 Å². The van der Waals surface area contributed by atoms with Crippen LogP contribution in [0, 0.1) is 5.92 Å². The molecular formula is C17H22N4O3. The topological polar surface area (TPSA) is 90.1 Å². The number of carbonyl (C=O) groups excluding carboxylic acids is 1. The largest absolute Gasteiger partial charge is 0.381 e. The second-order valence-electron chi connectivity index (χ2n) is 5.99. The molecular weight excluding hydrogens is 308 g/mol. The van der Waals surface area contributed by atoms with Crippen molar-refractivity contribution in [2.75, 3.05) is 19.8 Å². The van der Waals surface area contributed by atoms with Crippen LogP contribution in [0.4, 0.5) is 0 Å². The highest BCUT2D eigenvalue weighted by Crippen LogP contribution is 2.15. The molecule has 3 heterocycles. The molecule has 0 aromatic carbocycles. The number of aromatic nitrogens is 3. The summed E-state index contributed by atoms with van der Waals surface area (Å²) in [4.78, 5) is 20.2. The molecule has 24 heavy (non-hydrogen) atoms. The molecule has 1 saturated heterocycles. The number of pyridine rings is 1. The Bertz CT molecular complexity index is 638. The van der Waals surface area contributed by atoms with Gasteiger partial charge in [0.15, 0.2) is 0 Å². The summed E-state index contributed by atoms with van der Waals surface area (Å²) in [6, 6.07) is 3.66. The molecule has 1 aliphatic heterocycles. The Morgan fingerprint density at radius 2 is 2.21 bits per heavy atom. The van der Waals surface area contributed by atoms with Crippen molar-refractivity contribution in [3.63, 3.8) is 0 Å². The van der Waals surface area contributed by atoms with E-state index in [1.54, 1.807) is 12.4 Å². The summed E-state index contributed by atoms with van der Waals surface area (Å²) >= 11 is 0. The Labute approximate surface area is 140 Å². The number of aryl methyl sites for hydroxylation is 1. The van der Waals surface area contributed by atoms with Crippen LogP contribution >= 0.6 is 0 Å². The predicted molar refractivity (Wildman–Crippen MR) is 87.0 cm³/mol. The molecule has 7 heteroatoms. The van der Waals surface area contributed by atoms with Gasteiger partial charge in [-0.2, -0.15) is 4.98 Å². The molecule has 1 fully saturated rings. The molecule has 1 N–H and O–H groups in total. The van der Waals surface area contributed by atoms with Crippen LogP contribution in [0.5, 0.6) is 0 Å². The van der Waals surface area contributed by atoms with Gasteiger partial charge < -0.3 is 14.6 Å². The predicted octanol–water partition coefficient (Wildman–Crippen LogP) is 2.00. The highest BCUT2D eigenvalue weighted by atomic mass is 16.5. The minimum absolute atomic E-state index is 0.0643. The van der Waals surface area contributed by atoms with Crippen LogP contribution in [-0.2, 0) is 16.0 Å². The normalized spacial score (nSPS) is 17.6. The van der Waals surface area contributed by atoms with Gasteiger partial charge in [-0.1, -0.05) is 5.16 Å². The first kappa shape index (κ1) is 16.6. The number of rotatable bonds is 7. The average molecular weight is 330 g/mol. The maximum atomic E-state index is 11.9. The van der Waals surface area contributed by atoms with Crippen molar-refractivity contribution in [3.8, 4) is 11.4 Å².